The van der Waals surface area contributed by atoms with Crippen LogP contribution >= 0.6 is 0 Å². The van der Waals surface area contributed by atoms with Crippen molar-refractivity contribution in [3.05, 3.63) is 98.4 Å². The fourth-order valence-corrected chi connectivity index (χ4v) is 4.30. The Labute approximate surface area is 227 Å². The molecule has 0 spiro atoms. The monoisotopic (exact) mass is 536 g/mol. The van der Waals surface area contributed by atoms with Gasteiger partial charge in [-0.3, -0.25) is 10.1 Å². The smallest absolute Gasteiger partial charge is 0.337 e. The topological polar surface area (TPSA) is 126 Å². The number of hydrogen-bond acceptors (Lipinski definition) is 9. The van der Waals surface area contributed by atoms with E-state index in [0.29, 0.717) is 29.3 Å². The number of nitrogens with zero attached hydrogens (tertiary/aromatic N) is 1. The predicted octanol–water partition coefficient (Wildman–Crippen LogP) is 5.02. The van der Waals surface area contributed by atoms with Gasteiger partial charge in [-0.05, 0) is 57.0 Å². The minimum absolute atomic E-state index is 0.0346. The van der Waals surface area contributed by atoms with Crippen LogP contribution in [-0.2, 0) is 23.8 Å². The molecule has 39 heavy (non-hydrogen) atoms. The van der Waals surface area contributed by atoms with E-state index in [1.54, 1.807) is 32.1 Å². The number of ether oxygens (including phenoxy) is 4. The number of dihydropyridines is 1. The molecular formula is C29H32N2O8. The number of non-ortho nitro benzene ring substituents is 1. The van der Waals surface area contributed by atoms with E-state index in [9.17, 15) is 19.7 Å². The zero-order valence-corrected chi connectivity index (χ0v) is 22.6. The Morgan fingerprint density at radius 1 is 1.08 bits per heavy atom. The van der Waals surface area contributed by atoms with Crippen LogP contribution in [0.1, 0.15) is 44.7 Å². The summed E-state index contributed by atoms with van der Waals surface area (Å²) in [6.45, 7) is 7.60. The number of nitro groups is 1. The van der Waals surface area contributed by atoms with Crippen molar-refractivity contribution in [2.24, 2.45) is 0 Å². The van der Waals surface area contributed by atoms with Crippen molar-refractivity contribution in [3.8, 4) is 5.75 Å². The molecule has 0 aliphatic carbocycles. The lowest BCUT2D eigenvalue weighted by molar-refractivity contribution is -0.384. The first kappa shape index (κ1) is 29.1. The molecule has 0 radical (unpaired) electrons. The van der Waals surface area contributed by atoms with Crippen molar-refractivity contribution in [1.29, 1.82) is 0 Å². The van der Waals surface area contributed by atoms with Gasteiger partial charge in [-0.2, -0.15) is 0 Å². The van der Waals surface area contributed by atoms with Crippen molar-refractivity contribution >= 4 is 23.7 Å². The second-order valence-corrected chi connectivity index (χ2v) is 8.69. The number of carbonyl (C=O) groups is 2. The molecule has 2 unspecified atom stereocenters. The molecule has 0 fully saturated rings. The zero-order chi connectivity index (χ0) is 28.5. The Morgan fingerprint density at radius 2 is 1.74 bits per heavy atom. The van der Waals surface area contributed by atoms with E-state index < -0.39 is 22.8 Å². The number of rotatable bonds is 11. The first-order valence-corrected chi connectivity index (χ1v) is 12.4. The number of methoxy groups -OCH3 is 1. The van der Waals surface area contributed by atoms with Crippen molar-refractivity contribution in [2.75, 3.05) is 20.3 Å². The number of allylic oxidation sites excluding steroid dienone is 2. The van der Waals surface area contributed by atoms with Gasteiger partial charge in [0.15, 0.2) is 6.29 Å². The summed E-state index contributed by atoms with van der Waals surface area (Å²) in [5.74, 6) is -1.56. The zero-order valence-electron chi connectivity index (χ0n) is 22.6. The summed E-state index contributed by atoms with van der Waals surface area (Å²) < 4.78 is 21.5. The van der Waals surface area contributed by atoms with Gasteiger partial charge in [0.25, 0.3) is 5.69 Å². The molecule has 1 aliphatic rings. The molecule has 206 valence electrons. The highest BCUT2D eigenvalue weighted by atomic mass is 16.7. The first-order valence-electron chi connectivity index (χ1n) is 12.4. The number of nitro benzene ring substituents is 1. The Balaban J connectivity index is 1.78. The fraction of sp³-hybridized carbons (Fsp3) is 0.310. The average Bonchev–Trinajstić information content (AvgIpc) is 2.91. The Morgan fingerprint density at radius 3 is 2.36 bits per heavy atom. The maximum absolute atomic E-state index is 13.3. The van der Waals surface area contributed by atoms with Crippen LogP contribution < -0.4 is 10.1 Å². The lowest BCUT2D eigenvalue weighted by Gasteiger charge is -2.30. The van der Waals surface area contributed by atoms with Crippen LogP contribution in [0, 0.1) is 10.1 Å². The maximum Gasteiger partial charge on any atom is 0.337 e. The molecule has 1 aliphatic heterocycles. The van der Waals surface area contributed by atoms with Gasteiger partial charge in [-0.1, -0.05) is 30.3 Å². The third kappa shape index (κ3) is 7.32. The van der Waals surface area contributed by atoms with Crippen LogP contribution in [0.3, 0.4) is 0 Å². The third-order valence-corrected chi connectivity index (χ3v) is 6.00. The van der Waals surface area contributed by atoms with E-state index in [1.807, 2.05) is 38.1 Å². The summed E-state index contributed by atoms with van der Waals surface area (Å²) in [4.78, 5) is 36.9. The molecule has 2 atom stereocenters. The molecule has 2 aromatic carbocycles. The van der Waals surface area contributed by atoms with Crippen LogP contribution in [0.2, 0.25) is 0 Å². The molecular weight excluding hydrogens is 504 g/mol. The highest BCUT2D eigenvalue weighted by Crippen LogP contribution is 2.40. The number of esters is 2. The highest BCUT2D eigenvalue weighted by Gasteiger charge is 2.38. The molecule has 10 heteroatoms. The number of nitrogens with one attached hydrogen (secondary N) is 1. The van der Waals surface area contributed by atoms with E-state index in [0.717, 1.165) is 5.56 Å². The van der Waals surface area contributed by atoms with E-state index in [4.69, 9.17) is 18.9 Å². The van der Waals surface area contributed by atoms with Crippen LogP contribution in [0.25, 0.3) is 6.08 Å². The average molecular weight is 537 g/mol. The summed E-state index contributed by atoms with van der Waals surface area (Å²) >= 11 is 0. The van der Waals surface area contributed by atoms with Gasteiger partial charge in [0, 0.05) is 30.1 Å². The third-order valence-electron chi connectivity index (χ3n) is 6.00. The Bertz CT molecular complexity index is 1310. The summed E-state index contributed by atoms with van der Waals surface area (Å²) in [6, 6.07) is 13.2. The van der Waals surface area contributed by atoms with Gasteiger partial charge < -0.3 is 24.3 Å². The second kappa shape index (κ2) is 13.4. The largest absolute Gasteiger partial charge is 0.466 e. The van der Waals surface area contributed by atoms with Crippen molar-refractivity contribution in [3.63, 3.8) is 0 Å². The fourth-order valence-electron chi connectivity index (χ4n) is 4.30. The van der Waals surface area contributed by atoms with E-state index in [-0.39, 0.29) is 29.7 Å². The standard InChI is InChI=1S/C29H32N2O8/c1-6-37-20(4)39-24-14-12-21(13-15-24)9-8-16-38-29(33)26-19(3)30-18(2)25(28(32)36-5)27(26)22-10-7-11-23(17-22)31(34)35/h7-15,17,20,27,30H,6,16H2,1-5H3. The van der Waals surface area contributed by atoms with Crippen molar-refractivity contribution < 1.29 is 33.5 Å². The molecule has 0 bridgehead atoms. The quantitative estimate of drug-likeness (QED) is 0.182. The maximum atomic E-state index is 13.3. The molecule has 1 N–H and O–H groups in total. The Kier molecular flexibility index (Phi) is 9.99. The van der Waals surface area contributed by atoms with Gasteiger partial charge in [0.05, 0.1) is 29.1 Å². The van der Waals surface area contributed by atoms with Crippen LogP contribution in [0.5, 0.6) is 5.75 Å². The summed E-state index contributed by atoms with van der Waals surface area (Å²) in [6.07, 6.45) is 3.13. The summed E-state index contributed by atoms with van der Waals surface area (Å²) in [5.41, 5.74) is 2.40. The molecule has 3 rings (SSSR count). The molecule has 0 saturated heterocycles. The van der Waals surface area contributed by atoms with Crippen LogP contribution in [0.4, 0.5) is 5.69 Å². The second-order valence-electron chi connectivity index (χ2n) is 8.69. The van der Waals surface area contributed by atoms with Gasteiger partial charge in [0.1, 0.15) is 12.4 Å². The molecule has 0 amide bonds. The lowest BCUT2D eigenvalue weighted by Crippen LogP contribution is -2.32. The van der Waals surface area contributed by atoms with Gasteiger partial charge in [-0.15, -0.1) is 0 Å². The molecule has 2 aromatic rings. The number of hydrogen-bond donors (Lipinski definition) is 1. The highest BCUT2D eigenvalue weighted by molar-refractivity contribution is 6.00. The summed E-state index contributed by atoms with van der Waals surface area (Å²) in [7, 11) is 1.24. The van der Waals surface area contributed by atoms with E-state index in [1.165, 1.54) is 25.3 Å². The first-order chi connectivity index (χ1) is 18.7. The molecule has 1 heterocycles. The van der Waals surface area contributed by atoms with Gasteiger partial charge in [-0.25, -0.2) is 9.59 Å². The van der Waals surface area contributed by atoms with E-state index >= 15 is 0 Å². The number of carbonyl (C=O) groups excluding carboxylic acids is 2. The minimum Gasteiger partial charge on any atom is -0.466 e. The summed E-state index contributed by atoms with van der Waals surface area (Å²) in [5, 5.41) is 14.4. The van der Waals surface area contributed by atoms with E-state index in [2.05, 4.69) is 5.32 Å². The minimum atomic E-state index is -0.915. The predicted molar refractivity (Wildman–Crippen MR) is 145 cm³/mol. The van der Waals surface area contributed by atoms with Gasteiger partial charge >= 0.3 is 11.9 Å². The van der Waals surface area contributed by atoms with Crippen molar-refractivity contribution in [2.45, 2.75) is 39.9 Å². The lowest BCUT2D eigenvalue weighted by atomic mass is 9.80. The normalized spacial score (nSPS) is 16.1. The Hall–Kier alpha value is -4.44. The number of benzene rings is 2. The SMILES string of the molecule is CCOC(C)Oc1ccc(C=CCOC(=O)C2=C(C)NC(C)=C(C(=O)OC)C2c2cccc([N+](=O)[O-])c2)cc1. The molecule has 10 nitrogen and oxygen atoms in total. The molecule has 0 saturated carbocycles. The van der Waals surface area contributed by atoms with Crippen molar-refractivity contribution in [1.82, 2.24) is 5.32 Å². The van der Waals surface area contributed by atoms with Crippen LogP contribution in [0.15, 0.2) is 77.1 Å². The van der Waals surface area contributed by atoms with Crippen LogP contribution in [-0.4, -0.2) is 43.5 Å². The van der Waals surface area contributed by atoms with Gasteiger partial charge in [0.2, 0.25) is 0 Å². The molecule has 0 aromatic heterocycles.